The summed E-state index contributed by atoms with van der Waals surface area (Å²) in [6, 6.07) is 7.78. The van der Waals surface area contributed by atoms with Crippen LogP contribution in [-0.2, 0) is 16.6 Å². The van der Waals surface area contributed by atoms with E-state index in [1.807, 2.05) is 0 Å². The first-order valence-electron chi connectivity index (χ1n) is 5.87. The molecule has 0 aliphatic rings. The number of nitrogen functional groups attached to an aromatic ring is 1. The van der Waals surface area contributed by atoms with Crippen LogP contribution in [0, 0.1) is 6.92 Å². The van der Waals surface area contributed by atoms with Gasteiger partial charge in [0, 0.05) is 7.05 Å². The van der Waals surface area contributed by atoms with Crippen molar-refractivity contribution in [2.75, 3.05) is 12.8 Å². The number of furan rings is 1. The molecule has 1 aromatic heterocycles. The summed E-state index contributed by atoms with van der Waals surface area (Å²) in [5.41, 5.74) is 5.87. The predicted molar refractivity (Wildman–Crippen MR) is 78.0 cm³/mol. The zero-order valence-corrected chi connectivity index (χ0v) is 12.7. The highest BCUT2D eigenvalue weighted by Gasteiger charge is 2.22. The molecule has 1 heterocycles. The summed E-state index contributed by atoms with van der Waals surface area (Å²) in [4.78, 5) is 0.102. The van der Waals surface area contributed by atoms with E-state index in [9.17, 15) is 8.42 Å². The molecule has 5 nitrogen and oxygen atoms in total. The van der Waals surface area contributed by atoms with E-state index in [1.165, 1.54) is 29.6 Å². The van der Waals surface area contributed by atoms with Gasteiger partial charge in [-0.15, -0.1) is 0 Å². The molecule has 0 aliphatic carbocycles. The molecule has 0 radical (unpaired) electrons. The van der Waals surface area contributed by atoms with Gasteiger partial charge in [-0.1, -0.05) is 11.6 Å². The lowest BCUT2D eigenvalue weighted by Gasteiger charge is -2.16. The molecule has 7 heteroatoms. The average Bonchev–Trinajstić information content (AvgIpc) is 2.78. The van der Waals surface area contributed by atoms with Crippen LogP contribution >= 0.6 is 11.6 Å². The van der Waals surface area contributed by atoms with Crippen molar-refractivity contribution < 1.29 is 12.8 Å². The molecule has 2 aromatic rings. The van der Waals surface area contributed by atoms with E-state index in [4.69, 9.17) is 21.8 Å². The Balaban J connectivity index is 2.27. The summed E-state index contributed by atoms with van der Waals surface area (Å²) in [5.74, 6) is 1.32. The number of nitrogens with zero attached hydrogens (tertiary/aromatic N) is 1. The van der Waals surface area contributed by atoms with E-state index in [0.29, 0.717) is 10.8 Å². The van der Waals surface area contributed by atoms with Crippen LogP contribution in [0.15, 0.2) is 39.6 Å². The molecule has 0 fully saturated rings. The second-order valence-electron chi connectivity index (χ2n) is 4.46. The van der Waals surface area contributed by atoms with Crippen molar-refractivity contribution in [1.29, 1.82) is 0 Å². The number of aryl methyl sites for hydroxylation is 1. The van der Waals surface area contributed by atoms with E-state index in [-0.39, 0.29) is 17.1 Å². The van der Waals surface area contributed by atoms with Crippen molar-refractivity contribution in [1.82, 2.24) is 4.31 Å². The van der Waals surface area contributed by atoms with Crippen LogP contribution in [0.25, 0.3) is 0 Å². The Hall–Kier alpha value is -1.50. The number of hydrogen-bond acceptors (Lipinski definition) is 4. The number of hydrogen-bond donors (Lipinski definition) is 1. The highest BCUT2D eigenvalue weighted by Crippen LogP contribution is 2.24. The zero-order chi connectivity index (χ0) is 14.9. The maximum atomic E-state index is 12.4. The summed E-state index contributed by atoms with van der Waals surface area (Å²) >= 11 is 5.79. The minimum Gasteiger partial charge on any atom is -0.465 e. The molecule has 0 spiro atoms. The standard InChI is InChI=1S/C13H15ClN2O3S/c1-9-3-4-10(19-9)8-16(2)20(17,18)11-5-6-12(14)13(15)7-11/h3-7H,8,15H2,1-2H3. The number of anilines is 1. The van der Waals surface area contributed by atoms with Crippen LogP contribution in [0.4, 0.5) is 5.69 Å². The van der Waals surface area contributed by atoms with Gasteiger partial charge in [-0.2, -0.15) is 4.31 Å². The Morgan fingerprint density at radius 1 is 1.30 bits per heavy atom. The van der Waals surface area contributed by atoms with Crippen molar-refractivity contribution in [3.63, 3.8) is 0 Å². The fourth-order valence-corrected chi connectivity index (χ4v) is 3.03. The molecule has 2 rings (SSSR count). The van der Waals surface area contributed by atoms with Crippen molar-refractivity contribution in [3.05, 3.63) is 46.9 Å². The van der Waals surface area contributed by atoms with Crippen molar-refractivity contribution in [2.24, 2.45) is 0 Å². The average molecular weight is 315 g/mol. The molecule has 0 bridgehead atoms. The maximum absolute atomic E-state index is 12.4. The van der Waals surface area contributed by atoms with Crippen molar-refractivity contribution >= 4 is 27.3 Å². The van der Waals surface area contributed by atoms with Crippen LogP contribution in [-0.4, -0.2) is 19.8 Å². The van der Waals surface area contributed by atoms with Crippen LogP contribution in [0.2, 0.25) is 5.02 Å². The highest BCUT2D eigenvalue weighted by molar-refractivity contribution is 7.89. The largest absolute Gasteiger partial charge is 0.465 e. The molecular weight excluding hydrogens is 300 g/mol. The van der Waals surface area contributed by atoms with Gasteiger partial charge >= 0.3 is 0 Å². The topological polar surface area (TPSA) is 76.5 Å². The zero-order valence-electron chi connectivity index (χ0n) is 11.1. The number of sulfonamides is 1. The molecule has 0 unspecified atom stereocenters. The van der Waals surface area contributed by atoms with Crippen molar-refractivity contribution in [2.45, 2.75) is 18.4 Å². The van der Waals surface area contributed by atoms with Gasteiger partial charge in [0.25, 0.3) is 0 Å². The summed E-state index contributed by atoms with van der Waals surface area (Å²) in [5, 5.41) is 0.327. The van der Waals surface area contributed by atoms with Gasteiger partial charge in [0.05, 0.1) is 22.2 Å². The maximum Gasteiger partial charge on any atom is 0.243 e. The summed E-state index contributed by atoms with van der Waals surface area (Å²) in [6.45, 7) is 1.95. The first-order chi connectivity index (χ1) is 9.30. The van der Waals surface area contributed by atoms with E-state index in [2.05, 4.69) is 0 Å². The second-order valence-corrected chi connectivity index (χ2v) is 6.91. The number of rotatable bonds is 4. The third-order valence-electron chi connectivity index (χ3n) is 2.85. The minimum absolute atomic E-state index is 0.102. The van der Waals surface area contributed by atoms with E-state index in [1.54, 1.807) is 19.1 Å². The fourth-order valence-electron chi connectivity index (χ4n) is 1.74. The van der Waals surface area contributed by atoms with Crippen LogP contribution in [0.3, 0.4) is 0 Å². The number of halogens is 1. The molecule has 108 valence electrons. The fraction of sp³-hybridized carbons (Fsp3) is 0.231. The first kappa shape index (κ1) is 14.9. The molecule has 20 heavy (non-hydrogen) atoms. The Morgan fingerprint density at radius 3 is 2.55 bits per heavy atom. The molecule has 1 aromatic carbocycles. The van der Waals surface area contributed by atoms with Gasteiger partial charge in [-0.25, -0.2) is 8.42 Å². The van der Waals surface area contributed by atoms with Crippen molar-refractivity contribution in [3.8, 4) is 0 Å². The van der Waals surface area contributed by atoms with Gasteiger partial charge in [-0.3, -0.25) is 0 Å². The normalized spacial score (nSPS) is 12.0. The lowest BCUT2D eigenvalue weighted by molar-refractivity contribution is 0.397. The molecule has 0 aliphatic heterocycles. The monoisotopic (exact) mass is 314 g/mol. The molecule has 2 N–H and O–H groups in total. The van der Waals surface area contributed by atoms with E-state index >= 15 is 0 Å². The Labute approximate surface area is 123 Å². The van der Waals surface area contributed by atoms with Gasteiger partial charge in [0.2, 0.25) is 10.0 Å². The summed E-state index contributed by atoms with van der Waals surface area (Å²) in [6.07, 6.45) is 0. The van der Waals surface area contributed by atoms with Gasteiger partial charge in [-0.05, 0) is 37.3 Å². The van der Waals surface area contributed by atoms with Gasteiger partial charge < -0.3 is 10.2 Å². The van der Waals surface area contributed by atoms with Gasteiger partial charge in [0.15, 0.2) is 0 Å². The number of benzene rings is 1. The Bertz CT molecular complexity index is 725. The Morgan fingerprint density at radius 2 is 2.00 bits per heavy atom. The lowest BCUT2D eigenvalue weighted by atomic mass is 10.3. The summed E-state index contributed by atoms with van der Waals surface area (Å²) < 4.78 is 31.4. The summed E-state index contributed by atoms with van der Waals surface area (Å²) in [7, 11) is -2.15. The Kier molecular flexibility index (Phi) is 4.08. The van der Waals surface area contributed by atoms with E-state index in [0.717, 1.165) is 5.76 Å². The number of nitrogens with two attached hydrogens (primary N) is 1. The van der Waals surface area contributed by atoms with Crippen LogP contribution < -0.4 is 5.73 Å². The molecule has 0 atom stereocenters. The SMILES string of the molecule is Cc1ccc(CN(C)S(=O)(=O)c2ccc(Cl)c(N)c2)o1. The molecular formula is C13H15ClN2O3S. The molecule has 0 saturated carbocycles. The third-order valence-corrected chi connectivity index (χ3v) is 4.99. The van der Waals surface area contributed by atoms with Crippen LogP contribution in [0.1, 0.15) is 11.5 Å². The molecule has 0 saturated heterocycles. The predicted octanol–water partition coefficient (Wildman–Crippen LogP) is 2.64. The second kappa shape index (κ2) is 5.47. The third kappa shape index (κ3) is 2.98. The first-order valence-corrected chi connectivity index (χ1v) is 7.69. The quantitative estimate of drug-likeness (QED) is 0.880. The lowest BCUT2D eigenvalue weighted by Crippen LogP contribution is -2.26. The minimum atomic E-state index is -3.63. The highest BCUT2D eigenvalue weighted by atomic mass is 35.5. The van der Waals surface area contributed by atoms with Gasteiger partial charge in [0.1, 0.15) is 11.5 Å². The van der Waals surface area contributed by atoms with E-state index < -0.39 is 10.0 Å². The van der Waals surface area contributed by atoms with Crippen LogP contribution in [0.5, 0.6) is 0 Å². The molecule has 0 amide bonds. The smallest absolute Gasteiger partial charge is 0.243 e.